The van der Waals surface area contributed by atoms with Gasteiger partial charge in [-0.3, -0.25) is 0 Å². The van der Waals surface area contributed by atoms with Gasteiger partial charge in [0.1, 0.15) is 5.75 Å². The van der Waals surface area contributed by atoms with Crippen LogP contribution in [0.15, 0.2) is 46.0 Å². The van der Waals surface area contributed by atoms with E-state index in [0.717, 1.165) is 5.56 Å². The van der Waals surface area contributed by atoms with Crippen molar-refractivity contribution in [3.05, 3.63) is 52.0 Å². The molecule has 0 radical (unpaired) electrons. The lowest BCUT2D eigenvalue weighted by Crippen LogP contribution is -2.12. The van der Waals surface area contributed by atoms with Gasteiger partial charge in [-0.2, -0.15) is 0 Å². The zero-order valence-electron chi connectivity index (χ0n) is 11.6. The van der Waals surface area contributed by atoms with E-state index in [0.29, 0.717) is 27.3 Å². The number of benzene rings is 2. The molecule has 0 amide bonds. The monoisotopic (exact) mass is 350 g/mol. The van der Waals surface area contributed by atoms with E-state index in [1.54, 1.807) is 25.3 Å². The summed E-state index contributed by atoms with van der Waals surface area (Å²) in [6.07, 6.45) is 0. The average molecular weight is 351 g/mol. The molecule has 6 heteroatoms. The molecule has 0 unspecified atom stereocenters. The zero-order chi connectivity index (χ0) is 15.4. The van der Waals surface area contributed by atoms with Gasteiger partial charge in [0.25, 0.3) is 0 Å². The highest BCUT2D eigenvalue weighted by molar-refractivity contribution is 9.10. The molecule has 0 saturated carbocycles. The van der Waals surface area contributed by atoms with Crippen molar-refractivity contribution >= 4 is 21.8 Å². The number of methoxy groups -OCH3 is 1. The Labute approximate surface area is 131 Å². The zero-order valence-corrected chi connectivity index (χ0v) is 13.2. The van der Waals surface area contributed by atoms with Crippen molar-refractivity contribution in [2.45, 2.75) is 6.92 Å². The SMILES string of the molecule is COc1cc(C)ccc1Oc1ccc(/C(N)=N/O)cc1Br. The maximum absolute atomic E-state index is 8.68. The van der Waals surface area contributed by atoms with Crippen LogP contribution in [0.25, 0.3) is 0 Å². The summed E-state index contributed by atoms with van der Waals surface area (Å²) in [4.78, 5) is 0. The highest BCUT2D eigenvalue weighted by Crippen LogP contribution is 2.36. The van der Waals surface area contributed by atoms with E-state index in [4.69, 9.17) is 20.4 Å². The van der Waals surface area contributed by atoms with E-state index in [1.807, 2.05) is 25.1 Å². The molecule has 21 heavy (non-hydrogen) atoms. The molecule has 2 aromatic carbocycles. The largest absolute Gasteiger partial charge is 0.493 e. The lowest BCUT2D eigenvalue weighted by Gasteiger charge is -2.12. The number of hydrogen-bond donors (Lipinski definition) is 2. The lowest BCUT2D eigenvalue weighted by molar-refractivity contribution is 0.318. The molecule has 0 aliphatic carbocycles. The minimum Gasteiger partial charge on any atom is -0.493 e. The quantitative estimate of drug-likeness (QED) is 0.382. The minimum atomic E-state index is 0.0372. The van der Waals surface area contributed by atoms with Crippen LogP contribution in [-0.2, 0) is 0 Å². The second kappa shape index (κ2) is 6.49. The third-order valence-corrected chi connectivity index (χ3v) is 3.49. The van der Waals surface area contributed by atoms with Crippen LogP contribution in [-0.4, -0.2) is 18.2 Å². The number of halogens is 1. The van der Waals surface area contributed by atoms with Crippen molar-refractivity contribution in [3.8, 4) is 17.2 Å². The number of oxime groups is 1. The second-order valence-corrected chi connectivity index (χ2v) is 5.24. The third kappa shape index (κ3) is 3.46. The normalized spacial score (nSPS) is 11.3. The van der Waals surface area contributed by atoms with Crippen LogP contribution in [0.1, 0.15) is 11.1 Å². The molecule has 0 aliphatic heterocycles. The van der Waals surface area contributed by atoms with Crippen molar-refractivity contribution in [1.29, 1.82) is 0 Å². The lowest BCUT2D eigenvalue weighted by atomic mass is 10.2. The number of rotatable bonds is 4. The first kappa shape index (κ1) is 15.2. The van der Waals surface area contributed by atoms with E-state index in [-0.39, 0.29) is 5.84 Å². The Balaban J connectivity index is 2.32. The Morgan fingerprint density at radius 1 is 1.14 bits per heavy atom. The summed E-state index contributed by atoms with van der Waals surface area (Å²) in [5.41, 5.74) is 7.22. The molecule has 2 rings (SSSR count). The van der Waals surface area contributed by atoms with Crippen LogP contribution < -0.4 is 15.2 Å². The van der Waals surface area contributed by atoms with E-state index >= 15 is 0 Å². The molecule has 0 atom stereocenters. The predicted molar refractivity (Wildman–Crippen MR) is 84.5 cm³/mol. The first-order valence-corrected chi connectivity index (χ1v) is 6.94. The van der Waals surface area contributed by atoms with Gasteiger partial charge >= 0.3 is 0 Å². The molecule has 0 bridgehead atoms. The topological polar surface area (TPSA) is 77.1 Å². The summed E-state index contributed by atoms with van der Waals surface area (Å²) < 4.78 is 11.8. The van der Waals surface area contributed by atoms with E-state index < -0.39 is 0 Å². The van der Waals surface area contributed by atoms with Crippen molar-refractivity contribution in [3.63, 3.8) is 0 Å². The van der Waals surface area contributed by atoms with Gasteiger partial charge in [0.05, 0.1) is 11.6 Å². The maximum Gasteiger partial charge on any atom is 0.170 e. The summed E-state index contributed by atoms with van der Waals surface area (Å²) in [6, 6.07) is 10.8. The molecule has 110 valence electrons. The van der Waals surface area contributed by atoms with Gasteiger partial charge in [-0.1, -0.05) is 11.2 Å². The molecule has 0 aromatic heterocycles. The Kier molecular flexibility index (Phi) is 4.70. The number of aryl methyl sites for hydroxylation is 1. The summed E-state index contributed by atoms with van der Waals surface area (Å²) in [5.74, 6) is 1.91. The van der Waals surface area contributed by atoms with Crippen LogP contribution in [0.3, 0.4) is 0 Å². The van der Waals surface area contributed by atoms with Gasteiger partial charge in [0.2, 0.25) is 0 Å². The Bertz CT molecular complexity index is 687. The van der Waals surface area contributed by atoms with Gasteiger partial charge in [0.15, 0.2) is 17.3 Å². The van der Waals surface area contributed by atoms with Gasteiger partial charge in [-0.15, -0.1) is 0 Å². The minimum absolute atomic E-state index is 0.0372. The van der Waals surface area contributed by atoms with Crippen LogP contribution in [0.4, 0.5) is 0 Å². The summed E-state index contributed by atoms with van der Waals surface area (Å²) in [6.45, 7) is 1.98. The number of ether oxygens (including phenoxy) is 2. The van der Waals surface area contributed by atoms with Gasteiger partial charge < -0.3 is 20.4 Å². The molecule has 2 aromatic rings. The van der Waals surface area contributed by atoms with Gasteiger partial charge in [-0.25, -0.2) is 0 Å². The summed E-state index contributed by atoms with van der Waals surface area (Å²) in [5, 5.41) is 11.6. The van der Waals surface area contributed by atoms with Crippen LogP contribution in [0.5, 0.6) is 17.2 Å². The fraction of sp³-hybridized carbons (Fsp3) is 0.133. The standard InChI is InChI=1S/C15H15BrN2O3/c1-9-3-5-13(14(7-9)20-2)21-12-6-4-10(8-11(12)16)15(17)18-19/h3-8,19H,1-2H3,(H2,17,18). The Hall–Kier alpha value is -2.21. The first-order valence-electron chi connectivity index (χ1n) is 6.15. The fourth-order valence-corrected chi connectivity index (χ4v) is 2.24. The maximum atomic E-state index is 8.68. The van der Waals surface area contributed by atoms with E-state index in [2.05, 4.69) is 21.1 Å². The average Bonchev–Trinajstić information content (AvgIpc) is 2.49. The molecule has 0 fully saturated rings. The van der Waals surface area contributed by atoms with Crippen molar-refractivity contribution in [1.82, 2.24) is 0 Å². The molecule has 0 spiro atoms. The molecule has 0 heterocycles. The Morgan fingerprint density at radius 3 is 2.48 bits per heavy atom. The first-order chi connectivity index (χ1) is 10.0. The smallest absolute Gasteiger partial charge is 0.170 e. The van der Waals surface area contributed by atoms with Crippen molar-refractivity contribution < 1.29 is 14.7 Å². The molecule has 0 saturated heterocycles. The molecule has 5 nitrogen and oxygen atoms in total. The second-order valence-electron chi connectivity index (χ2n) is 4.39. The summed E-state index contributed by atoms with van der Waals surface area (Å²) in [7, 11) is 1.60. The molecule has 0 aliphatic rings. The predicted octanol–water partition coefficient (Wildman–Crippen LogP) is 3.65. The Morgan fingerprint density at radius 2 is 1.86 bits per heavy atom. The molecular weight excluding hydrogens is 336 g/mol. The van der Waals surface area contributed by atoms with Crippen molar-refractivity contribution in [2.75, 3.05) is 7.11 Å². The molecular formula is C15H15BrN2O3. The highest BCUT2D eigenvalue weighted by atomic mass is 79.9. The van der Waals surface area contributed by atoms with E-state index in [9.17, 15) is 0 Å². The van der Waals surface area contributed by atoms with E-state index in [1.165, 1.54) is 0 Å². The number of nitrogens with zero attached hydrogens (tertiary/aromatic N) is 1. The fourth-order valence-electron chi connectivity index (χ4n) is 1.78. The highest BCUT2D eigenvalue weighted by Gasteiger charge is 2.10. The van der Waals surface area contributed by atoms with Crippen LogP contribution in [0, 0.1) is 6.92 Å². The van der Waals surface area contributed by atoms with Crippen LogP contribution >= 0.6 is 15.9 Å². The van der Waals surface area contributed by atoms with Crippen LogP contribution in [0.2, 0.25) is 0 Å². The number of nitrogens with two attached hydrogens (primary N) is 1. The van der Waals surface area contributed by atoms with Crippen molar-refractivity contribution in [2.24, 2.45) is 10.9 Å². The summed E-state index contributed by atoms with van der Waals surface area (Å²) >= 11 is 3.41. The molecule has 3 N–H and O–H groups in total. The third-order valence-electron chi connectivity index (χ3n) is 2.87. The van der Waals surface area contributed by atoms with Gasteiger partial charge in [-0.05, 0) is 58.7 Å². The van der Waals surface area contributed by atoms with Gasteiger partial charge in [0, 0.05) is 5.56 Å². The number of hydrogen-bond acceptors (Lipinski definition) is 4. The number of amidine groups is 1.